The van der Waals surface area contributed by atoms with Gasteiger partial charge in [-0.05, 0) is 74.8 Å². The number of nitrogens with one attached hydrogen (secondary N) is 2. The summed E-state index contributed by atoms with van der Waals surface area (Å²) < 4.78 is 16.3. The molecule has 10 nitrogen and oxygen atoms in total. The van der Waals surface area contributed by atoms with Gasteiger partial charge in [-0.25, -0.2) is 4.79 Å². The minimum absolute atomic E-state index is 0.0558. The van der Waals surface area contributed by atoms with Crippen molar-refractivity contribution >= 4 is 29.7 Å². The molecule has 3 N–H and O–H groups in total. The molecule has 5 rings (SSSR count). The molecule has 0 spiro atoms. The van der Waals surface area contributed by atoms with Crippen LogP contribution in [-0.4, -0.2) is 82.3 Å². The van der Waals surface area contributed by atoms with E-state index in [4.69, 9.17) is 14.2 Å². The van der Waals surface area contributed by atoms with Gasteiger partial charge in [-0.2, -0.15) is 0 Å². The minimum Gasteiger partial charge on any atom is -0.443 e. The van der Waals surface area contributed by atoms with E-state index in [1.165, 1.54) is 16.7 Å². The van der Waals surface area contributed by atoms with Gasteiger partial charge in [0.15, 0.2) is 12.4 Å². The second-order valence-corrected chi connectivity index (χ2v) is 14.5. The van der Waals surface area contributed by atoms with Crippen molar-refractivity contribution in [2.45, 2.75) is 88.8 Å². The van der Waals surface area contributed by atoms with E-state index in [1.807, 2.05) is 76.2 Å². The number of carbonyl (C=O) groups is 3. The second kappa shape index (κ2) is 14.6. The fourth-order valence-electron chi connectivity index (χ4n) is 6.50. The fourth-order valence-corrected chi connectivity index (χ4v) is 7.64. The molecule has 0 bridgehead atoms. The molecule has 3 amide bonds. The van der Waals surface area contributed by atoms with Crippen LogP contribution in [0.1, 0.15) is 48.1 Å². The van der Waals surface area contributed by atoms with Gasteiger partial charge in [0.05, 0.1) is 31.1 Å². The summed E-state index contributed by atoms with van der Waals surface area (Å²) in [6.07, 6.45) is 0.157. The number of aliphatic hydroxyl groups is 1. The predicted octanol–water partition coefficient (Wildman–Crippen LogP) is 3.79. The number of ether oxygens (including phenoxy) is 3. The topological polar surface area (TPSA) is 126 Å². The molecule has 11 heteroatoms. The first kappa shape index (κ1) is 34.0. The van der Waals surface area contributed by atoms with E-state index in [2.05, 4.69) is 17.2 Å². The van der Waals surface area contributed by atoms with Crippen molar-refractivity contribution in [2.24, 2.45) is 5.92 Å². The molecule has 3 heterocycles. The van der Waals surface area contributed by atoms with E-state index >= 15 is 0 Å². The number of amides is 3. The van der Waals surface area contributed by atoms with Crippen molar-refractivity contribution < 1.29 is 33.7 Å². The fraction of sp³-hybridized carbons (Fsp3) is 0.514. The summed E-state index contributed by atoms with van der Waals surface area (Å²) in [5, 5.41) is 17.4. The number of hydrogen-bond donors (Lipinski definition) is 3. The molecule has 248 valence electrons. The van der Waals surface area contributed by atoms with Crippen LogP contribution in [0.5, 0.6) is 0 Å². The van der Waals surface area contributed by atoms with E-state index in [1.54, 1.807) is 0 Å². The highest BCUT2D eigenvalue weighted by atomic mass is 32.2. The zero-order valence-corrected chi connectivity index (χ0v) is 27.8. The molecule has 6 atom stereocenters. The molecule has 3 saturated heterocycles. The van der Waals surface area contributed by atoms with Crippen molar-refractivity contribution in [3.63, 3.8) is 0 Å². The van der Waals surface area contributed by atoms with Gasteiger partial charge in [0.25, 0.3) is 5.91 Å². The summed E-state index contributed by atoms with van der Waals surface area (Å²) >= 11 is 1.47. The molecule has 46 heavy (non-hydrogen) atoms. The Morgan fingerprint density at radius 3 is 2.52 bits per heavy atom. The smallest absolute Gasteiger partial charge is 0.407 e. The number of rotatable bonds is 11. The summed E-state index contributed by atoms with van der Waals surface area (Å²) in [7, 11) is 0. The van der Waals surface area contributed by atoms with Crippen LogP contribution in [0.2, 0.25) is 0 Å². The third kappa shape index (κ3) is 7.60. The summed E-state index contributed by atoms with van der Waals surface area (Å²) in [5.74, 6) is -0.762. The zero-order valence-electron chi connectivity index (χ0n) is 27.0. The van der Waals surface area contributed by atoms with Crippen molar-refractivity contribution in [1.29, 1.82) is 0 Å². The van der Waals surface area contributed by atoms with Crippen molar-refractivity contribution in [3.05, 3.63) is 82.9 Å². The first-order chi connectivity index (χ1) is 22.0. The summed E-state index contributed by atoms with van der Waals surface area (Å²) in [6.45, 7) is 12.7. The van der Waals surface area contributed by atoms with Crippen LogP contribution in [0.25, 0.3) is 0 Å². The molecule has 2 aromatic carbocycles. The third-order valence-corrected chi connectivity index (χ3v) is 10.6. The van der Waals surface area contributed by atoms with Crippen molar-refractivity contribution in [1.82, 2.24) is 15.5 Å². The third-order valence-electron chi connectivity index (χ3n) is 9.20. The number of nitrogens with zero attached hydrogens (tertiary/aromatic N) is 1. The number of benzene rings is 2. The number of alkyl carbamates (subject to hydrolysis) is 1. The Labute approximate surface area is 275 Å². The molecule has 0 saturated carbocycles. The summed E-state index contributed by atoms with van der Waals surface area (Å²) in [6, 6.07) is 11.8. The number of thioether (sulfide) groups is 1. The molecule has 3 aliphatic rings. The largest absolute Gasteiger partial charge is 0.443 e. The molecule has 0 aromatic heterocycles. The SMILES string of the molecule is C=CCc1ccc(C[C@H](NC(=O)O[C@H]2CO[C@H]3OCC[C@H]32)[C@H](O)C(=O)N2CSC(C)(C)[C@H]2C(=O)NCc2c(C)cccc2C)cc1. The Morgan fingerprint density at radius 1 is 1.13 bits per heavy atom. The van der Waals surface area contributed by atoms with Crippen LogP contribution < -0.4 is 10.6 Å². The lowest BCUT2D eigenvalue weighted by Gasteiger charge is -2.33. The van der Waals surface area contributed by atoms with Crippen LogP contribution in [-0.2, 0) is 43.2 Å². The van der Waals surface area contributed by atoms with E-state index in [0.29, 0.717) is 19.6 Å². The Morgan fingerprint density at radius 2 is 1.83 bits per heavy atom. The van der Waals surface area contributed by atoms with E-state index in [-0.39, 0.29) is 37.0 Å². The number of carbonyl (C=O) groups excluding carboxylic acids is 3. The number of allylic oxidation sites excluding steroid dienone is 1. The maximum atomic E-state index is 14.0. The molecule has 2 aromatic rings. The summed E-state index contributed by atoms with van der Waals surface area (Å²) in [4.78, 5) is 42.3. The molecular formula is C35H45N3O7S. The number of aryl methyl sites for hydroxylation is 2. The zero-order chi connectivity index (χ0) is 33.0. The summed E-state index contributed by atoms with van der Waals surface area (Å²) in [5.41, 5.74) is 5.06. The molecule has 0 radical (unpaired) electrons. The minimum atomic E-state index is -1.63. The Hall–Kier alpha value is -3.38. The van der Waals surface area contributed by atoms with E-state index in [9.17, 15) is 19.5 Å². The van der Waals surface area contributed by atoms with Gasteiger partial charge in [-0.3, -0.25) is 9.59 Å². The number of hydrogen-bond acceptors (Lipinski definition) is 8. The molecular weight excluding hydrogens is 606 g/mol. The quantitative estimate of drug-likeness (QED) is 0.314. The second-order valence-electron chi connectivity index (χ2n) is 12.9. The van der Waals surface area contributed by atoms with Crippen molar-refractivity contribution in [3.8, 4) is 0 Å². The van der Waals surface area contributed by atoms with Crippen LogP contribution in [0.15, 0.2) is 55.1 Å². The van der Waals surface area contributed by atoms with Crippen LogP contribution in [0.4, 0.5) is 4.79 Å². The van der Waals surface area contributed by atoms with E-state index < -0.39 is 41.0 Å². The predicted molar refractivity (Wildman–Crippen MR) is 176 cm³/mol. The molecule has 0 aliphatic carbocycles. The van der Waals surface area contributed by atoms with Crippen LogP contribution in [0, 0.1) is 19.8 Å². The van der Waals surface area contributed by atoms with Crippen LogP contribution >= 0.6 is 11.8 Å². The highest BCUT2D eigenvalue weighted by Crippen LogP contribution is 2.40. The van der Waals surface area contributed by atoms with Gasteiger partial charge < -0.3 is 34.9 Å². The van der Waals surface area contributed by atoms with Gasteiger partial charge in [-0.15, -0.1) is 18.3 Å². The number of aliphatic hydroxyl groups excluding tert-OH is 1. The average Bonchev–Trinajstić information content (AvgIpc) is 3.72. The lowest BCUT2D eigenvalue weighted by molar-refractivity contribution is -0.147. The number of fused-ring (bicyclic) bond motifs is 1. The van der Waals surface area contributed by atoms with Gasteiger partial charge in [0.2, 0.25) is 5.91 Å². The Kier molecular flexibility index (Phi) is 10.8. The maximum absolute atomic E-state index is 14.0. The normalized spacial score (nSPS) is 24.6. The maximum Gasteiger partial charge on any atom is 0.407 e. The van der Waals surface area contributed by atoms with Gasteiger partial charge in [0, 0.05) is 11.3 Å². The standard InChI is InChI=1S/C35H45N3O7S/c1-6-8-23-11-13-24(14-12-23)17-27(37-34(42)45-28-19-44-33-25(28)15-16-43-33)29(39)32(41)38-20-46-35(4,5)30(38)31(40)36-18-26-21(2)9-7-10-22(26)3/h6-7,9-14,25,27-30,33,39H,1,8,15-20H2,2-5H3,(H,36,40)(H,37,42)/t25-,27-,28-,29-,30+,33+/m0/s1. The van der Waals surface area contributed by atoms with Gasteiger partial charge in [0.1, 0.15) is 12.1 Å². The molecule has 3 aliphatic heterocycles. The van der Waals surface area contributed by atoms with Crippen LogP contribution in [0.3, 0.4) is 0 Å². The highest BCUT2D eigenvalue weighted by molar-refractivity contribution is 8.00. The Bertz CT molecular complexity index is 1410. The average molecular weight is 652 g/mol. The highest BCUT2D eigenvalue weighted by Gasteiger charge is 2.50. The van der Waals surface area contributed by atoms with Gasteiger partial charge >= 0.3 is 6.09 Å². The molecule has 3 fully saturated rings. The van der Waals surface area contributed by atoms with E-state index in [0.717, 1.165) is 34.2 Å². The molecule has 0 unspecified atom stereocenters. The lowest BCUT2D eigenvalue weighted by atomic mass is 9.96. The Balaban J connectivity index is 1.32. The lowest BCUT2D eigenvalue weighted by Crippen LogP contribution is -2.58. The van der Waals surface area contributed by atoms with Gasteiger partial charge in [-0.1, -0.05) is 48.5 Å². The monoisotopic (exact) mass is 651 g/mol. The van der Waals surface area contributed by atoms with Crippen molar-refractivity contribution in [2.75, 3.05) is 19.1 Å². The first-order valence-electron chi connectivity index (χ1n) is 15.8. The first-order valence-corrected chi connectivity index (χ1v) is 16.8.